The molecule has 0 aliphatic rings. The van der Waals surface area contributed by atoms with Gasteiger partial charge in [-0.3, -0.25) is 4.68 Å². The fourth-order valence-electron chi connectivity index (χ4n) is 2.57. The lowest BCUT2D eigenvalue weighted by molar-refractivity contribution is -0.137. The molecule has 0 N–H and O–H groups in total. The minimum absolute atomic E-state index is 0.190. The molecule has 3 aromatic rings. The maximum Gasteiger partial charge on any atom is 0.416 e. The van der Waals surface area contributed by atoms with E-state index in [0.29, 0.717) is 12.1 Å². The second-order valence-corrected chi connectivity index (χ2v) is 5.60. The van der Waals surface area contributed by atoms with E-state index in [2.05, 4.69) is 5.10 Å². The molecule has 6 heteroatoms. The van der Waals surface area contributed by atoms with E-state index >= 15 is 0 Å². The van der Waals surface area contributed by atoms with Gasteiger partial charge in [0.25, 0.3) is 0 Å². The van der Waals surface area contributed by atoms with Crippen molar-refractivity contribution in [3.8, 4) is 17.2 Å². The van der Waals surface area contributed by atoms with Crippen LogP contribution in [0.5, 0.6) is 0 Å². The molecule has 0 amide bonds. The van der Waals surface area contributed by atoms with Gasteiger partial charge >= 0.3 is 6.18 Å². The molecular formula is C19H14F3N3. The highest BCUT2D eigenvalue weighted by Gasteiger charge is 2.31. The van der Waals surface area contributed by atoms with Crippen LogP contribution in [0.15, 0.2) is 60.9 Å². The summed E-state index contributed by atoms with van der Waals surface area (Å²) in [4.78, 5) is 0. The number of halogens is 3. The van der Waals surface area contributed by atoms with Crippen molar-refractivity contribution < 1.29 is 13.2 Å². The van der Waals surface area contributed by atoms with Crippen molar-refractivity contribution >= 4 is 0 Å². The second-order valence-electron chi connectivity index (χ2n) is 5.60. The van der Waals surface area contributed by atoms with Crippen molar-refractivity contribution in [2.75, 3.05) is 0 Å². The zero-order valence-corrected chi connectivity index (χ0v) is 13.2. The van der Waals surface area contributed by atoms with Crippen molar-refractivity contribution in [3.63, 3.8) is 0 Å². The fraction of sp³-hybridized carbons (Fsp3) is 0.158. The zero-order chi connectivity index (χ0) is 17.9. The van der Waals surface area contributed by atoms with E-state index in [9.17, 15) is 18.4 Å². The van der Waals surface area contributed by atoms with E-state index in [0.717, 1.165) is 24.1 Å². The summed E-state index contributed by atoms with van der Waals surface area (Å²) < 4.78 is 40.5. The van der Waals surface area contributed by atoms with Crippen molar-refractivity contribution in [3.05, 3.63) is 77.6 Å². The normalized spacial score (nSPS) is 11.3. The minimum Gasteiger partial charge on any atom is -0.272 e. The number of nitriles is 1. The molecule has 0 saturated carbocycles. The number of nitrogens with zero attached hydrogens (tertiary/aromatic N) is 3. The molecule has 0 fully saturated rings. The van der Waals surface area contributed by atoms with Crippen LogP contribution in [0.25, 0.3) is 11.1 Å². The first-order valence-corrected chi connectivity index (χ1v) is 7.65. The van der Waals surface area contributed by atoms with Crippen LogP contribution in [-0.4, -0.2) is 9.78 Å². The first-order chi connectivity index (χ1) is 12.0. The van der Waals surface area contributed by atoms with Crippen molar-refractivity contribution in [2.45, 2.75) is 19.1 Å². The number of hydrogen-bond donors (Lipinski definition) is 0. The van der Waals surface area contributed by atoms with Crippen molar-refractivity contribution in [1.82, 2.24) is 9.78 Å². The third kappa shape index (κ3) is 3.89. The molecule has 3 rings (SSSR count). The van der Waals surface area contributed by atoms with Gasteiger partial charge in [-0.15, -0.1) is 0 Å². The van der Waals surface area contributed by atoms with Gasteiger partial charge in [-0.2, -0.15) is 23.5 Å². The molecule has 0 bridgehead atoms. The number of alkyl halides is 3. The van der Waals surface area contributed by atoms with Gasteiger partial charge in [0, 0.05) is 23.9 Å². The summed E-state index contributed by atoms with van der Waals surface area (Å²) in [5.41, 5.74) is 1.30. The molecule has 0 radical (unpaired) electrons. The predicted octanol–water partition coefficient (Wildman–Crippen LogP) is 4.68. The molecular weight excluding hydrogens is 327 g/mol. The van der Waals surface area contributed by atoms with Gasteiger partial charge in [0.1, 0.15) is 0 Å². The summed E-state index contributed by atoms with van der Waals surface area (Å²) in [7, 11) is 0. The average molecular weight is 341 g/mol. The molecule has 0 atom stereocenters. The summed E-state index contributed by atoms with van der Waals surface area (Å²) >= 11 is 0. The third-order valence-electron chi connectivity index (χ3n) is 3.88. The van der Waals surface area contributed by atoms with E-state index in [1.165, 1.54) is 12.3 Å². The minimum atomic E-state index is -4.45. The molecule has 0 spiro atoms. The van der Waals surface area contributed by atoms with Crippen LogP contribution in [0, 0.1) is 11.3 Å². The van der Waals surface area contributed by atoms with E-state index in [-0.39, 0.29) is 11.1 Å². The first-order valence-electron chi connectivity index (χ1n) is 7.65. The van der Waals surface area contributed by atoms with Gasteiger partial charge in [0.15, 0.2) is 0 Å². The Kier molecular flexibility index (Phi) is 4.57. The highest BCUT2D eigenvalue weighted by molar-refractivity contribution is 5.70. The smallest absolute Gasteiger partial charge is 0.272 e. The summed E-state index contributed by atoms with van der Waals surface area (Å²) in [6, 6.07) is 14.9. The third-order valence-corrected chi connectivity index (χ3v) is 3.88. The Morgan fingerprint density at radius 2 is 1.84 bits per heavy atom. The van der Waals surface area contributed by atoms with Crippen LogP contribution in [0.3, 0.4) is 0 Å². The Morgan fingerprint density at radius 1 is 1.08 bits per heavy atom. The lowest BCUT2D eigenvalue weighted by atomic mass is 10.00. The first kappa shape index (κ1) is 16.8. The molecule has 25 heavy (non-hydrogen) atoms. The van der Waals surface area contributed by atoms with Crippen molar-refractivity contribution in [2.24, 2.45) is 0 Å². The van der Waals surface area contributed by atoms with Crippen LogP contribution < -0.4 is 0 Å². The van der Waals surface area contributed by atoms with Crippen molar-refractivity contribution in [1.29, 1.82) is 5.26 Å². The van der Waals surface area contributed by atoms with E-state index in [1.807, 2.05) is 36.4 Å². The van der Waals surface area contributed by atoms with Gasteiger partial charge in [-0.1, -0.05) is 30.3 Å². The Balaban J connectivity index is 1.85. The lowest BCUT2D eigenvalue weighted by Crippen LogP contribution is -2.05. The average Bonchev–Trinajstić information content (AvgIpc) is 3.08. The Bertz CT molecular complexity index is 906. The van der Waals surface area contributed by atoms with Gasteiger partial charge in [-0.05, 0) is 30.2 Å². The van der Waals surface area contributed by atoms with Crippen LogP contribution in [0.4, 0.5) is 13.2 Å². The topological polar surface area (TPSA) is 41.6 Å². The quantitative estimate of drug-likeness (QED) is 0.691. The Morgan fingerprint density at radius 3 is 2.52 bits per heavy atom. The van der Waals surface area contributed by atoms with Crippen LogP contribution in [0.1, 0.15) is 16.7 Å². The van der Waals surface area contributed by atoms with Crippen LogP contribution >= 0.6 is 0 Å². The number of aryl methyl sites for hydroxylation is 2. The molecule has 1 heterocycles. The highest BCUT2D eigenvalue weighted by atomic mass is 19.4. The van der Waals surface area contributed by atoms with E-state index in [4.69, 9.17) is 0 Å². The standard InChI is InChI=1S/C19H14F3N3/c20-19(21,22)17-7-6-15(11-23)18(10-17)16-12-24-25(13-16)9-8-14-4-2-1-3-5-14/h1-7,10,12-13H,8-9H2. The maximum atomic E-state index is 12.9. The van der Waals surface area contributed by atoms with Gasteiger partial charge in [0.05, 0.1) is 23.4 Å². The fourth-order valence-corrected chi connectivity index (χ4v) is 2.57. The molecule has 0 aliphatic carbocycles. The molecule has 126 valence electrons. The van der Waals surface area contributed by atoms with E-state index in [1.54, 1.807) is 10.9 Å². The molecule has 0 unspecified atom stereocenters. The van der Waals surface area contributed by atoms with Crippen LogP contribution in [0.2, 0.25) is 0 Å². The van der Waals surface area contributed by atoms with E-state index < -0.39 is 11.7 Å². The predicted molar refractivity (Wildman–Crippen MR) is 87.5 cm³/mol. The highest BCUT2D eigenvalue weighted by Crippen LogP contribution is 2.33. The number of benzene rings is 2. The summed E-state index contributed by atoms with van der Waals surface area (Å²) in [5, 5.41) is 13.4. The Hall–Kier alpha value is -3.07. The number of rotatable bonds is 4. The maximum absolute atomic E-state index is 12.9. The molecule has 0 aliphatic heterocycles. The van der Waals surface area contributed by atoms with Gasteiger partial charge < -0.3 is 0 Å². The second kappa shape index (κ2) is 6.81. The summed E-state index contributed by atoms with van der Waals surface area (Å²) in [6.07, 6.45) is -0.539. The summed E-state index contributed by atoms with van der Waals surface area (Å²) in [6.45, 7) is 0.602. The number of aromatic nitrogens is 2. The number of hydrogen-bond acceptors (Lipinski definition) is 2. The van der Waals surface area contributed by atoms with Gasteiger partial charge in [0.2, 0.25) is 0 Å². The molecule has 1 aromatic heterocycles. The summed E-state index contributed by atoms with van der Waals surface area (Å²) in [5.74, 6) is 0. The monoisotopic (exact) mass is 341 g/mol. The molecule has 0 saturated heterocycles. The molecule has 2 aromatic carbocycles. The lowest BCUT2D eigenvalue weighted by Gasteiger charge is -2.09. The zero-order valence-electron chi connectivity index (χ0n) is 13.2. The van der Waals surface area contributed by atoms with Crippen LogP contribution in [-0.2, 0) is 19.1 Å². The SMILES string of the molecule is N#Cc1ccc(C(F)(F)F)cc1-c1cnn(CCc2ccccc2)c1. The largest absolute Gasteiger partial charge is 0.416 e. The Labute approximate surface area is 143 Å². The van der Waals surface area contributed by atoms with Gasteiger partial charge in [-0.25, -0.2) is 0 Å². The molecule has 3 nitrogen and oxygen atoms in total.